The molecular formula is C8H8NO3. The predicted molar refractivity (Wildman–Crippen MR) is 41.2 cm³/mol. The Hall–Kier alpha value is -1.55. The molecule has 1 aromatic rings. The molecule has 1 unspecified atom stereocenters. The van der Waals surface area contributed by atoms with Gasteiger partial charge in [-0.15, -0.1) is 0 Å². The summed E-state index contributed by atoms with van der Waals surface area (Å²) in [5.74, 6) is -1.30. The maximum atomic E-state index is 10.4. The summed E-state index contributed by atoms with van der Waals surface area (Å²) in [6.45, 7) is 0. The van der Waals surface area contributed by atoms with E-state index in [-0.39, 0.29) is 11.3 Å². The number of para-hydroxylation sites is 1. The molecule has 4 heteroatoms. The van der Waals surface area contributed by atoms with Crippen LogP contribution in [0.15, 0.2) is 24.3 Å². The molecule has 0 fully saturated rings. The summed E-state index contributed by atoms with van der Waals surface area (Å²) in [5, 5.41) is 18.2. The second-order valence-electron chi connectivity index (χ2n) is 2.33. The molecule has 3 N–H and O–H groups in total. The van der Waals surface area contributed by atoms with E-state index in [1.54, 1.807) is 12.1 Å². The number of amides is 1. The average molecular weight is 166 g/mol. The van der Waals surface area contributed by atoms with Gasteiger partial charge >= 0.3 is 0 Å². The largest absolute Gasteiger partial charge is 0.508 e. The highest BCUT2D eigenvalue weighted by Crippen LogP contribution is 2.22. The Labute approximate surface area is 69.3 Å². The van der Waals surface area contributed by atoms with E-state index in [0.717, 1.165) is 0 Å². The second-order valence-corrected chi connectivity index (χ2v) is 2.33. The number of carbonyl (C=O) groups is 1. The fourth-order valence-corrected chi connectivity index (χ4v) is 0.860. The van der Waals surface area contributed by atoms with Crippen molar-refractivity contribution in [3.63, 3.8) is 0 Å². The molecule has 0 aromatic heterocycles. The molecule has 0 aliphatic heterocycles. The van der Waals surface area contributed by atoms with Crippen molar-refractivity contribution in [3.05, 3.63) is 29.8 Å². The van der Waals surface area contributed by atoms with Gasteiger partial charge in [0.05, 0.1) is 0 Å². The summed E-state index contributed by atoms with van der Waals surface area (Å²) in [6, 6.07) is 5.88. The summed E-state index contributed by atoms with van der Waals surface area (Å²) >= 11 is 0. The number of phenolic OH excluding ortho intramolecular Hbond substituents is 1. The van der Waals surface area contributed by atoms with Crippen LogP contribution < -0.4 is 5.73 Å². The summed E-state index contributed by atoms with van der Waals surface area (Å²) in [5.41, 5.74) is 6.68. The molecule has 1 amide bonds. The molecule has 4 nitrogen and oxygen atoms in total. The molecule has 1 atom stereocenters. The number of hydrogen-bond acceptors (Lipinski definition) is 3. The number of aliphatic hydroxyl groups is 1. The van der Waals surface area contributed by atoms with Crippen LogP contribution in [-0.4, -0.2) is 16.1 Å². The normalized spacial score (nSPS) is 12.4. The molecule has 0 saturated carbocycles. The molecule has 12 heavy (non-hydrogen) atoms. The molecule has 0 bridgehead atoms. The van der Waals surface area contributed by atoms with Gasteiger partial charge in [0.1, 0.15) is 5.75 Å². The van der Waals surface area contributed by atoms with Gasteiger partial charge in [-0.1, -0.05) is 18.2 Å². The third-order valence-corrected chi connectivity index (χ3v) is 1.48. The molecule has 1 aromatic carbocycles. The fourth-order valence-electron chi connectivity index (χ4n) is 0.860. The lowest BCUT2D eigenvalue weighted by Crippen LogP contribution is -2.12. The van der Waals surface area contributed by atoms with Gasteiger partial charge in [0, 0.05) is 5.56 Å². The highest BCUT2D eigenvalue weighted by Gasteiger charge is 2.17. The Morgan fingerprint density at radius 2 is 2.00 bits per heavy atom. The number of carbonyl (C=O) groups excluding carboxylic acids is 1. The quantitative estimate of drug-likeness (QED) is 0.660. The molecule has 0 spiro atoms. The monoisotopic (exact) mass is 166 g/mol. The van der Waals surface area contributed by atoms with Crippen molar-refractivity contribution < 1.29 is 15.0 Å². The summed E-state index contributed by atoms with van der Waals surface area (Å²) in [4.78, 5) is 10.4. The van der Waals surface area contributed by atoms with Crippen molar-refractivity contribution in [3.8, 4) is 5.75 Å². The van der Waals surface area contributed by atoms with Gasteiger partial charge in [-0.2, -0.15) is 0 Å². The molecule has 0 aliphatic rings. The van der Waals surface area contributed by atoms with Crippen LogP contribution in [0.2, 0.25) is 0 Å². The molecular weight excluding hydrogens is 158 g/mol. The van der Waals surface area contributed by atoms with E-state index in [0.29, 0.717) is 0 Å². The van der Waals surface area contributed by atoms with Gasteiger partial charge in [-0.3, -0.25) is 10.5 Å². The van der Waals surface area contributed by atoms with Crippen LogP contribution in [0.4, 0.5) is 0 Å². The SMILES string of the molecule is [NH]C(=O)C(O)c1ccccc1O. The highest BCUT2D eigenvalue weighted by atomic mass is 16.3. The van der Waals surface area contributed by atoms with Crippen LogP contribution in [0.5, 0.6) is 5.75 Å². The third kappa shape index (κ3) is 1.54. The van der Waals surface area contributed by atoms with Gasteiger partial charge < -0.3 is 10.2 Å². The lowest BCUT2D eigenvalue weighted by molar-refractivity contribution is -0.127. The lowest BCUT2D eigenvalue weighted by Gasteiger charge is -2.06. The number of hydrogen-bond donors (Lipinski definition) is 2. The van der Waals surface area contributed by atoms with Gasteiger partial charge in [0.2, 0.25) is 0 Å². The molecule has 1 radical (unpaired) electrons. The first-order valence-electron chi connectivity index (χ1n) is 3.34. The maximum Gasteiger partial charge on any atom is 0.271 e. The Kier molecular flexibility index (Phi) is 2.30. The van der Waals surface area contributed by atoms with E-state index in [4.69, 9.17) is 15.9 Å². The van der Waals surface area contributed by atoms with Crippen molar-refractivity contribution in [1.29, 1.82) is 0 Å². The van der Waals surface area contributed by atoms with E-state index in [9.17, 15) is 4.79 Å². The number of aromatic hydroxyl groups is 1. The standard InChI is InChI=1S/C8H8NO3/c9-8(12)7(11)5-3-1-2-4-6(5)10/h1-4,7,9-11H. The summed E-state index contributed by atoms with van der Waals surface area (Å²) in [6.07, 6.45) is -1.55. The van der Waals surface area contributed by atoms with Crippen LogP contribution in [0.1, 0.15) is 11.7 Å². The Morgan fingerprint density at radius 3 is 2.50 bits per heavy atom. The lowest BCUT2D eigenvalue weighted by atomic mass is 10.1. The Bertz CT molecular complexity index is 298. The molecule has 0 heterocycles. The van der Waals surface area contributed by atoms with Crippen molar-refractivity contribution in [1.82, 2.24) is 5.73 Å². The van der Waals surface area contributed by atoms with Gasteiger partial charge in [0.25, 0.3) is 5.91 Å². The predicted octanol–water partition coefficient (Wildman–Crippen LogP) is 0.235. The molecule has 0 saturated heterocycles. The van der Waals surface area contributed by atoms with E-state index >= 15 is 0 Å². The number of aliphatic hydroxyl groups excluding tert-OH is 1. The molecule has 0 aliphatic carbocycles. The van der Waals surface area contributed by atoms with Gasteiger partial charge in [-0.25, -0.2) is 0 Å². The first-order chi connectivity index (χ1) is 5.63. The molecule has 63 valence electrons. The smallest absolute Gasteiger partial charge is 0.271 e. The first-order valence-corrected chi connectivity index (χ1v) is 3.34. The van der Waals surface area contributed by atoms with Crippen LogP contribution in [0.3, 0.4) is 0 Å². The van der Waals surface area contributed by atoms with Crippen molar-refractivity contribution in [2.75, 3.05) is 0 Å². The van der Waals surface area contributed by atoms with Gasteiger partial charge in [-0.05, 0) is 6.07 Å². The zero-order valence-corrected chi connectivity index (χ0v) is 6.19. The summed E-state index contributed by atoms with van der Waals surface area (Å²) < 4.78 is 0. The Balaban J connectivity index is 3.02. The van der Waals surface area contributed by atoms with E-state index in [2.05, 4.69) is 0 Å². The minimum absolute atomic E-state index is 0.0671. The van der Waals surface area contributed by atoms with Gasteiger partial charge in [0.15, 0.2) is 6.10 Å². The van der Waals surface area contributed by atoms with Crippen molar-refractivity contribution in [2.24, 2.45) is 0 Å². The van der Waals surface area contributed by atoms with E-state index < -0.39 is 12.0 Å². The third-order valence-electron chi connectivity index (χ3n) is 1.48. The van der Waals surface area contributed by atoms with Crippen LogP contribution >= 0.6 is 0 Å². The zero-order valence-electron chi connectivity index (χ0n) is 6.19. The number of rotatable bonds is 2. The minimum Gasteiger partial charge on any atom is -0.508 e. The number of phenols is 1. The van der Waals surface area contributed by atoms with E-state index in [1.165, 1.54) is 12.1 Å². The number of benzene rings is 1. The number of nitrogens with one attached hydrogen (secondary N) is 1. The van der Waals surface area contributed by atoms with Crippen molar-refractivity contribution >= 4 is 5.91 Å². The van der Waals surface area contributed by atoms with Crippen LogP contribution in [0, 0.1) is 0 Å². The first kappa shape index (κ1) is 8.55. The van der Waals surface area contributed by atoms with Crippen LogP contribution in [-0.2, 0) is 4.79 Å². The fraction of sp³-hybridized carbons (Fsp3) is 0.125. The highest BCUT2D eigenvalue weighted by molar-refractivity contribution is 5.80. The minimum atomic E-state index is -1.55. The van der Waals surface area contributed by atoms with E-state index in [1.807, 2.05) is 0 Å². The average Bonchev–Trinajstić information content (AvgIpc) is 2.04. The van der Waals surface area contributed by atoms with Crippen LogP contribution in [0.25, 0.3) is 0 Å². The second kappa shape index (κ2) is 3.23. The van der Waals surface area contributed by atoms with Crippen molar-refractivity contribution in [2.45, 2.75) is 6.10 Å². The maximum absolute atomic E-state index is 10.4. The zero-order chi connectivity index (χ0) is 9.14. The molecule has 1 rings (SSSR count). The Morgan fingerprint density at radius 1 is 1.42 bits per heavy atom. The topological polar surface area (TPSA) is 81.3 Å². The summed E-state index contributed by atoms with van der Waals surface area (Å²) in [7, 11) is 0.